The third-order valence-corrected chi connectivity index (χ3v) is 2.10. The molecule has 1 rings (SSSR count). The van der Waals surface area contributed by atoms with E-state index in [0.29, 0.717) is 0 Å². The molecular weight excluding hydrogens is 241 g/mol. The van der Waals surface area contributed by atoms with Crippen molar-refractivity contribution in [1.29, 1.82) is 0 Å². The first-order valence-electron chi connectivity index (χ1n) is 5.15. The second-order valence-corrected chi connectivity index (χ2v) is 3.49. The van der Waals surface area contributed by atoms with E-state index in [-0.39, 0.29) is 12.3 Å². The Morgan fingerprint density at radius 3 is 2.67 bits per heavy atom. The van der Waals surface area contributed by atoms with Gasteiger partial charge in [-0.2, -0.15) is 0 Å². The fourth-order valence-corrected chi connectivity index (χ4v) is 1.24. The van der Waals surface area contributed by atoms with Crippen LogP contribution in [0.3, 0.4) is 0 Å². The first-order valence-corrected chi connectivity index (χ1v) is 5.15. The lowest BCUT2D eigenvalue weighted by Gasteiger charge is -2.15. The zero-order chi connectivity index (χ0) is 13.5. The molecule has 0 saturated heterocycles. The van der Waals surface area contributed by atoms with Gasteiger partial charge in [0.25, 0.3) is 0 Å². The third-order valence-electron chi connectivity index (χ3n) is 2.10. The topological polar surface area (TPSA) is 93.4 Å². The summed E-state index contributed by atoms with van der Waals surface area (Å²) in [5, 5.41) is 4.54. The van der Waals surface area contributed by atoms with E-state index >= 15 is 0 Å². The minimum atomic E-state index is -0.971. The van der Waals surface area contributed by atoms with Crippen molar-refractivity contribution in [3.63, 3.8) is 0 Å². The molecule has 0 heterocycles. The van der Waals surface area contributed by atoms with E-state index in [1.54, 1.807) is 6.07 Å². The van der Waals surface area contributed by atoms with E-state index in [1.807, 2.05) is 0 Å². The molecule has 0 aromatic heterocycles. The Morgan fingerprint density at radius 2 is 2.11 bits per heavy atom. The fraction of sp³-hybridized carbons (Fsp3) is 0.273. The normalized spacial score (nSPS) is 11.7. The lowest BCUT2D eigenvalue weighted by Crippen LogP contribution is -2.48. The number of para-hydroxylation sites is 1. The van der Waals surface area contributed by atoms with Crippen molar-refractivity contribution in [2.75, 3.05) is 19.0 Å². The quantitative estimate of drug-likeness (QED) is 0.713. The summed E-state index contributed by atoms with van der Waals surface area (Å²) in [5.74, 6) is -1.31. The summed E-state index contributed by atoms with van der Waals surface area (Å²) in [7, 11) is 1.37. The van der Waals surface area contributed by atoms with Gasteiger partial charge in [0, 0.05) is 7.11 Å². The number of anilines is 1. The largest absolute Gasteiger partial charge is 0.382 e. The van der Waals surface area contributed by atoms with Crippen molar-refractivity contribution in [3.8, 4) is 0 Å². The highest BCUT2D eigenvalue weighted by Crippen LogP contribution is 2.11. The number of ether oxygens (including phenoxy) is 1. The van der Waals surface area contributed by atoms with Crippen LogP contribution in [0.4, 0.5) is 14.9 Å². The van der Waals surface area contributed by atoms with E-state index in [4.69, 9.17) is 10.5 Å². The molecule has 0 saturated carbocycles. The SMILES string of the molecule is COC[C@@H](NC(=O)Nc1ccccc1F)C(N)=O. The number of urea groups is 1. The van der Waals surface area contributed by atoms with Crippen molar-refractivity contribution >= 4 is 17.6 Å². The second kappa shape index (κ2) is 6.55. The molecule has 0 radical (unpaired) electrons. The number of hydrogen-bond donors (Lipinski definition) is 3. The van der Waals surface area contributed by atoms with Crippen molar-refractivity contribution < 1.29 is 18.7 Å². The summed E-state index contributed by atoms with van der Waals surface area (Å²) in [6.45, 7) is -0.0555. The number of halogens is 1. The van der Waals surface area contributed by atoms with E-state index < -0.39 is 23.8 Å². The van der Waals surface area contributed by atoms with Crippen LogP contribution in [0.15, 0.2) is 24.3 Å². The first kappa shape index (κ1) is 13.9. The van der Waals surface area contributed by atoms with Gasteiger partial charge in [0.1, 0.15) is 11.9 Å². The zero-order valence-corrected chi connectivity index (χ0v) is 9.77. The number of carbonyl (C=O) groups is 2. The summed E-state index contributed by atoms with van der Waals surface area (Å²) in [5.41, 5.74) is 5.07. The van der Waals surface area contributed by atoms with Crippen LogP contribution in [0.5, 0.6) is 0 Å². The van der Waals surface area contributed by atoms with Gasteiger partial charge in [-0.1, -0.05) is 12.1 Å². The second-order valence-electron chi connectivity index (χ2n) is 3.49. The third kappa shape index (κ3) is 4.02. The van der Waals surface area contributed by atoms with Crippen LogP contribution in [0, 0.1) is 5.82 Å². The number of nitrogens with two attached hydrogens (primary N) is 1. The van der Waals surface area contributed by atoms with Gasteiger partial charge in [0.05, 0.1) is 12.3 Å². The molecule has 0 aliphatic heterocycles. The van der Waals surface area contributed by atoms with Gasteiger partial charge in [-0.3, -0.25) is 4.79 Å². The molecule has 0 fully saturated rings. The highest BCUT2D eigenvalue weighted by Gasteiger charge is 2.18. The van der Waals surface area contributed by atoms with Crippen molar-refractivity contribution in [2.24, 2.45) is 5.73 Å². The van der Waals surface area contributed by atoms with Crippen LogP contribution >= 0.6 is 0 Å². The maximum atomic E-state index is 13.2. The van der Waals surface area contributed by atoms with Crippen molar-refractivity contribution in [2.45, 2.75) is 6.04 Å². The van der Waals surface area contributed by atoms with Gasteiger partial charge in [-0.05, 0) is 12.1 Å². The average Bonchev–Trinajstić information content (AvgIpc) is 2.31. The Hall–Kier alpha value is -2.15. The van der Waals surface area contributed by atoms with Crippen LogP contribution in [0.1, 0.15) is 0 Å². The molecule has 6 nitrogen and oxygen atoms in total. The smallest absolute Gasteiger partial charge is 0.320 e. The Kier molecular flexibility index (Phi) is 5.06. The molecule has 0 aliphatic rings. The van der Waals surface area contributed by atoms with Crippen LogP contribution in [0.25, 0.3) is 0 Å². The maximum Gasteiger partial charge on any atom is 0.320 e. The van der Waals surface area contributed by atoms with Crippen LogP contribution in [-0.2, 0) is 9.53 Å². The number of nitrogens with one attached hydrogen (secondary N) is 2. The molecule has 1 aromatic carbocycles. The number of hydrogen-bond acceptors (Lipinski definition) is 3. The zero-order valence-electron chi connectivity index (χ0n) is 9.77. The summed E-state index contributed by atoms with van der Waals surface area (Å²) < 4.78 is 18.0. The molecule has 4 N–H and O–H groups in total. The van der Waals surface area contributed by atoms with Gasteiger partial charge in [-0.25, -0.2) is 9.18 Å². The maximum absolute atomic E-state index is 13.2. The standard InChI is InChI=1S/C11H14FN3O3/c1-18-6-9(10(13)16)15-11(17)14-8-5-3-2-4-7(8)12/h2-5,9H,6H2,1H3,(H2,13,16)(H2,14,15,17)/t9-/m1/s1. The summed E-state index contributed by atoms with van der Waals surface area (Å²) in [4.78, 5) is 22.5. The average molecular weight is 255 g/mol. The number of amides is 3. The van der Waals surface area contributed by atoms with Gasteiger partial charge >= 0.3 is 6.03 Å². The molecule has 1 atom stereocenters. The van der Waals surface area contributed by atoms with E-state index in [9.17, 15) is 14.0 Å². The fourth-order valence-electron chi connectivity index (χ4n) is 1.24. The van der Waals surface area contributed by atoms with Gasteiger partial charge < -0.3 is 21.1 Å². The molecule has 0 bridgehead atoms. The van der Waals surface area contributed by atoms with Crippen LogP contribution in [-0.4, -0.2) is 31.7 Å². The number of methoxy groups -OCH3 is 1. The van der Waals surface area contributed by atoms with E-state index in [0.717, 1.165) is 0 Å². The van der Waals surface area contributed by atoms with Crippen molar-refractivity contribution in [1.82, 2.24) is 5.32 Å². The van der Waals surface area contributed by atoms with Crippen LogP contribution in [0.2, 0.25) is 0 Å². The summed E-state index contributed by atoms with van der Waals surface area (Å²) in [6.07, 6.45) is 0. The first-order chi connectivity index (χ1) is 8.54. The number of rotatable bonds is 5. The summed E-state index contributed by atoms with van der Waals surface area (Å²) in [6, 6.07) is 3.96. The predicted octanol–water partition coefficient (Wildman–Crippen LogP) is 0.447. The predicted molar refractivity (Wildman–Crippen MR) is 63.4 cm³/mol. The highest BCUT2D eigenvalue weighted by atomic mass is 19.1. The Balaban J connectivity index is 2.61. The van der Waals surface area contributed by atoms with E-state index in [2.05, 4.69) is 10.6 Å². The van der Waals surface area contributed by atoms with Crippen LogP contribution < -0.4 is 16.4 Å². The molecule has 0 aliphatic carbocycles. The monoisotopic (exact) mass is 255 g/mol. The van der Waals surface area contributed by atoms with Crippen molar-refractivity contribution in [3.05, 3.63) is 30.1 Å². The highest BCUT2D eigenvalue weighted by molar-refractivity contribution is 5.93. The van der Waals surface area contributed by atoms with Gasteiger partial charge in [-0.15, -0.1) is 0 Å². The Labute approximate surface area is 103 Å². The molecule has 18 heavy (non-hydrogen) atoms. The van der Waals surface area contributed by atoms with Gasteiger partial charge in [0.2, 0.25) is 5.91 Å². The molecule has 0 spiro atoms. The molecule has 0 unspecified atom stereocenters. The lowest BCUT2D eigenvalue weighted by molar-refractivity contribution is -0.120. The van der Waals surface area contributed by atoms with Gasteiger partial charge in [0.15, 0.2) is 0 Å². The molecule has 1 aromatic rings. The molecule has 3 amide bonds. The minimum absolute atomic E-state index is 0.00985. The number of primary amides is 1. The Bertz CT molecular complexity index is 439. The minimum Gasteiger partial charge on any atom is -0.382 e. The number of carbonyl (C=O) groups excluding carboxylic acids is 2. The van der Waals surface area contributed by atoms with E-state index in [1.165, 1.54) is 25.3 Å². The lowest BCUT2D eigenvalue weighted by atomic mass is 10.3. The summed E-state index contributed by atoms with van der Waals surface area (Å²) >= 11 is 0. The molecule has 7 heteroatoms. The number of benzene rings is 1. The molecule has 98 valence electrons. The Morgan fingerprint density at radius 1 is 1.44 bits per heavy atom. The molecular formula is C11H14FN3O3.